The maximum absolute atomic E-state index is 5.10. The van der Waals surface area contributed by atoms with E-state index in [1.54, 1.807) is 18.7 Å². The van der Waals surface area contributed by atoms with Gasteiger partial charge in [-0.1, -0.05) is 17.7 Å². The third-order valence-electron chi connectivity index (χ3n) is 2.23. The number of hydrogen-bond donors (Lipinski definition) is 2. The van der Waals surface area contributed by atoms with E-state index in [4.69, 9.17) is 16.6 Å². The second-order valence-electron chi connectivity index (χ2n) is 3.75. The summed E-state index contributed by atoms with van der Waals surface area (Å²) in [4.78, 5) is 0. The second-order valence-corrected chi connectivity index (χ2v) is 4.16. The first-order chi connectivity index (χ1) is 8.74. The predicted molar refractivity (Wildman–Crippen MR) is 76.8 cm³/mol. The zero-order valence-corrected chi connectivity index (χ0v) is 10.7. The van der Waals surface area contributed by atoms with Crippen molar-refractivity contribution in [1.29, 1.82) is 0 Å². The maximum Gasteiger partial charge on any atom is 0.191 e. The van der Waals surface area contributed by atoms with Crippen LogP contribution in [0, 0.1) is 6.92 Å². The van der Waals surface area contributed by atoms with E-state index < -0.39 is 0 Å². The Balaban J connectivity index is 1.84. The SMILES string of the molecule is Cc1ccc(NC(=S)NN=Cc2ccoc2)cc1. The summed E-state index contributed by atoms with van der Waals surface area (Å²) in [6, 6.07) is 9.76. The van der Waals surface area contributed by atoms with Gasteiger partial charge in [-0.2, -0.15) is 5.10 Å². The van der Waals surface area contributed by atoms with Crippen LogP contribution in [0.2, 0.25) is 0 Å². The molecule has 92 valence electrons. The van der Waals surface area contributed by atoms with Crippen LogP contribution in [0.3, 0.4) is 0 Å². The number of rotatable bonds is 3. The first-order valence-corrected chi connectivity index (χ1v) is 5.84. The van der Waals surface area contributed by atoms with Gasteiger partial charge in [0.2, 0.25) is 0 Å². The van der Waals surface area contributed by atoms with Gasteiger partial charge >= 0.3 is 0 Å². The number of furan rings is 1. The molecule has 0 atom stereocenters. The van der Waals surface area contributed by atoms with Crippen molar-refractivity contribution in [2.45, 2.75) is 6.92 Å². The van der Waals surface area contributed by atoms with Crippen LogP contribution in [0.4, 0.5) is 5.69 Å². The Labute approximate surface area is 111 Å². The van der Waals surface area contributed by atoms with E-state index >= 15 is 0 Å². The fraction of sp³-hybridized carbons (Fsp3) is 0.0769. The number of hydrazone groups is 1. The molecule has 0 bridgehead atoms. The highest BCUT2D eigenvalue weighted by Crippen LogP contribution is 2.08. The van der Waals surface area contributed by atoms with Gasteiger partial charge in [-0.25, -0.2) is 0 Å². The van der Waals surface area contributed by atoms with Gasteiger partial charge in [0.15, 0.2) is 5.11 Å². The van der Waals surface area contributed by atoms with Crippen molar-refractivity contribution in [3.8, 4) is 0 Å². The molecular formula is C13H13N3OS. The van der Waals surface area contributed by atoms with Crippen molar-refractivity contribution in [2.24, 2.45) is 5.10 Å². The molecule has 4 nitrogen and oxygen atoms in total. The third-order valence-corrected chi connectivity index (χ3v) is 2.43. The molecule has 2 N–H and O–H groups in total. The van der Waals surface area contributed by atoms with E-state index in [-0.39, 0.29) is 0 Å². The van der Waals surface area contributed by atoms with Crippen molar-refractivity contribution in [2.75, 3.05) is 5.32 Å². The molecule has 0 saturated carbocycles. The van der Waals surface area contributed by atoms with Crippen molar-refractivity contribution in [3.63, 3.8) is 0 Å². The van der Waals surface area contributed by atoms with Gasteiger partial charge < -0.3 is 9.73 Å². The Bertz CT molecular complexity index is 532. The highest BCUT2D eigenvalue weighted by atomic mass is 32.1. The first kappa shape index (κ1) is 12.3. The molecule has 18 heavy (non-hydrogen) atoms. The Morgan fingerprint density at radius 1 is 1.28 bits per heavy atom. The molecule has 0 spiro atoms. The molecule has 0 amide bonds. The molecule has 2 rings (SSSR count). The van der Waals surface area contributed by atoms with Gasteiger partial charge in [-0.15, -0.1) is 0 Å². The van der Waals surface area contributed by atoms with E-state index in [2.05, 4.69) is 15.8 Å². The molecule has 1 heterocycles. The zero-order valence-electron chi connectivity index (χ0n) is 9.88. The third kappa shape index (κ3) is 3.71. The number of thiocarbonyl (C=S) groups is 1. The lowest BCUT2D eigenvalue weighted by Gasteiger charge is -2.06. The maximum atomic E-state index is 5.10. The van der Waals surface area contributed by atoms with Gasteiger partial charge in [-0.05, 0) is 37.3 Å². The lowest BCUT2D eigenvalue weighted by Crippen LogP contribution is -2.23. The molecule has 0 aliphatic carbocycles. The van der Waals surface area contributed by atoms with Crippen molar-refractivity contribution >= 4 is 29.2 Å². The topological polar surface area (TPSA) is 49.6 Å². The molecule has 2 aromatic rings. The predicted octanol–water partition coefficient (Wildman–Crippen LogP) is 2.91. The largest absolute Gasteiger partial charge is 0.472 e. The number of nitrogens with zero attached hydrogens (tertiary/aromatic N) is 1. The van der Waals surface area contributed by atoms with Gasteiger partial charge in [0.25, 0.3) is 0 Å². The van der Waals surface area contributed by atoms with Gasteiger partial charge in [0.05, 0.1) is 18.7 Å². The number of anilines is 1. The summed E-state index contributed by atoms with van der Waals surface area (Å²) >= 11 is 5.10. The lowest BCUT2D eigenvalue weighted by atomic mass is 10.2. The molecular weight excluding hydrogens is 246 g/mol. The average Bonchev–Trinajstić information content (AvgIpc) is 2.85. The van der Waals surface area contributed by atoms with E-state index in [1.807, 2.05) is 37.3 Å². The van der Waals surface area contributed by atoms with Crippen molar-refractivity contribution in [1.82, 2.24) is 5.43 Å². The summed E-state index contributed by atoms with van der Waals surface area (Å²) in [5, 5.41) is 7.46. The smallest absolute Gasteiger partial charge is 0.191 e. The minimum absolute atomic E-state index is 0.443. The van der Waals surface area contributed by atoms with Crippen LogP contribution >= 0.6 is 12.2 Å². The minimum Gasteiger partial charge on any atom is -0.472 e. The van der Waals surface area contributed by atoms with Crippen LogP contribution < -0.4 is 10.7 Å². The minimum atomic E-state index is 0.443. The Kier molecular flexibility index (Phi) is 4.09. The van der Waals surface area contributed by atoms with Gasteiger partial charge in [0, 0.05) is 11.3 Å². The normalized spacial score (nSPS) is 10.5. The van der Waals surface area contributed by atoms with Gasteiger partial charge in [0.1, 0.15) is 0 Å². The lowest BCUT2D eigenvalue weighted by molar-refractivity contribution is 0.567. The number of aryl methyl sites for hydroxylation is 1. The van der Waals surface area contributed by atoms with E-state index in [1.165, 1.54) is 5.56 Å². The number of hydrogen-bond acceptors (Lipinski definition) is 3. The van der Waals surface area contributed by atoms with Crippen molar-refractivity contribution < 1.29 is 4.42 Å². The summed E-state index contributed by atoms with van der Waals surface area (Å²) in [5.74, 6) is 0. The summed E-state index contributed by atoms with van der Waals surface area (Å²) in [7, 11) is 0. The zero-order chi connectivity index (χ0) is 12.8. The fourth-order valence-corrected chi connectivity index (χ4v) is 1.48. The summed E-state index contributed by atoms with van der Waals surface area (Å²) in [5.41, 5.74) is 5.74. The molecule has 0 unspecified atom stereocenters. The van der Waals surface area contributed by atoms with E-state index in [0.717, 1.165) is 11.3 Å². The summed E-state index contributed by atoms with van der Waals surface area (Å²) in [6.45, 7) is 2.04. The molecule has 1 aromatic heterocycles. The molecule has 1 aromatic carbocycles. The highest BCUT2D eigenvalue weighted by Gasteiger charge is 1.95. The van der Waals surface area contributed by atoms with Gasteiger partial charge in [-0.3, -0.25) is 5.43 Å². The monoisotopic (exact) mass is 259 g/mol. The molecule has 0 radical (unpaired) electrons. The summed E-state index contributed by atoms with van der Waals surface area (Å²) < 4.78 is 4.91. The van der Waals surface area contributed by atoms with Crippen LogP contribution in [-0.2, 0) is 0 Å². The molecule has 0 aliphatic rings. The molecule has 0 fully saturated rings. The standard InChI is InChI=1S/C13H13N3OS/c1-10-2-4-12(5-3-10)15-13(18)16-14-8-11-6-7-17-9-11/h2-9H,1H3,(H2,15,16,18). The fourth-order valence-electron chi connectivity index (χ4n) is 1.31. The van der Waals surface area contributed by atoms with Crippen LogP contribution in [0.5, 0.6) is 0 Å². The quantitative estimate of drug-likeness (QED) is 0.505. The number of nitrogens with one attached hydrogen (secondary N) is 2. The van der Waals surface area contributed by atoms with E-state index in [9.17, 15) is 0 Å². The average molecular weight is 259 g/mol. The van der Waals surface area contributed by atoms with E-state index in [0.29, 0.717) is 5.11 Å². The Morgan fingerprint density at radius 3 is 2.72 bits per heavy atom. The second kappa shape index (κ2) is 5.97. The van der Waals surface area contributed by atoms with Crippen LogP contribution in [0.1, 0.15) is 11.1 Å². The Hall–Kier alpha value is -2.14. The van der Waals surface area contributed by atoms with Crippen LogP contribution in [0.15, 0.2) is 52.4 Å². The molecule has 5 heteroatoms. The Morgan fingerprint density at radius 2 is 2.06 bits per heavy atom. The van der Waals surface area contributed by atoms with Crippen molar-refractivity contribution in [3.05, 3.63) is 54.0 Å². The van der Waals surface area contributed by atoms with Crippen LogP contribution in [0.25, 0.3) is 0 Å². The van der Waals surface area contributed by atoms with Crippen LogP contribution in [-0.4, -0.2) is 11.3 Å². The molecule has 0 aliphatic heterocycles. The highest BCUT2D eigenvalue weighted by molar-refractivity contribution is 7.80. The summed E-state index contributed by atoms with van der Waals surface area (Å²) in [6.07, 6.45) is 4.82. The first-order valence-electron chi connectivity index (χ1n) is 5.43. The number of benzene rings is 1. The molecule has 0 saturated heterocycles.